The summed E-state index contributed by atoms with van der Waals surface area (Å²) in [4.78, 5) is 31.8. The molecule has 0 spiro atoms. The molecule has 1 atom stereocenters. The van der Waals surface area contributed by atoms with Crippen molar-refractivity contribution in [3.05, 3.63) is 80.3 Å². The Morgan fingerprint density at radius 3 is 2.69 bits per heavy atom. The van der Waals surface area contributed by atoms with Crippen molar-refractivity contribution in [1.82, 2.24) is 15.2 Å². The van der Waals surface area contributed by atoms with Crippen molar-refractivity contribution in [2.75, 3.05) is 19.6 Å². The lowest BCUT2D eigenvalue weighted by Crippen LogP contribution is -2.38. The smallest absolute Gasteiger partial charge is 0.261 e. The van der Waals surface area contributed by atoms with Crippen molar-refractivity contribution in [1.29, 1.82) is 0 Å². The molecule has 0 bridgehead atoms. The molecule has 29 heavy (non-hydrogen) atoms. The fraction of sp³-hybridized carbons (Fsp3) is 0.304. The molecule has 1 amide bonds. The minimum Gasteiger partial charge on any atom is -0.350 e. The molecular formula is C23H25N3O2S. The molecule has 1 aliphatic heterocycles. The number of rotatable bonds is 6. The highest BCUT2D eigenvalue weighted by atomic mass is 32.1. The fourth-order valence-electron chi connectivity index (χ4n) is 3.86. The average Bonchev–Trinajstić information content (AvgIpc) is 3.43. The van der Waals surface area contributed by atoms with Crippen LogP contribution < -0.4 is 10.9 Å². The molecule has 0 aliphatic carbocycles. The molecule has 1 unspecified atom stereocenters. The standard InChI is InChI=1S/C23H25N3O2S/c1-16-6-4-7-17(14-16)19-10-9-18(23(28)25-19)22(27)24-15-20(21-8-5-13-29-21)26-11-2-3-12-26/h4-10,13-14,20H,2-3,11-12,15H2,1H3,(H,24,27)(H,25,28). The number of H-pyrrole nitrogens is 1. The first-order chi connectivity index (χ1) is 14.1. The van der Waals surface area contributed by atoms with Gasteiger partial charge >= 0.3 is 0 Å². The number of nitrogens with one attached hydrogen (secondary N) is 2. The van der Waals surface area contributed by atoms with E-state index in [2.05, 4.69) is 26.6 Å². The SMILES string of the molecule is Cc1cccc(-c2ccc(C(=O)NCC(c3cccs3)N3CCCC3)c(=O)[nH]2)c1. The Labute approximate surface area is 174 Å². The number of carbonyl (C=O) groups excluding carboxylic acids is 1. The molecule has 1 saturated heterocycles. The first-order valence-electron chi connectivity index (χ1n) is 9.98. The van der Waals surface area contributed by atoms with Gasteiger partial charge in [0.05, 0.1) is 6.04 Å². The van der Waals surface area contributed by atoms with Crippen molar-refractivity contribution in [3.8, 4) is 11.3 Å². The second-order valence-corrected chi connectivity index (χ2v) is 8.45. The van der Waals surface area contributed by atoms with E-state index < -0.39 is 0 Å². The Kier molecular flexibility index (Phi) is 5.92. The highest BCUT2D eigenvalue weighted by Gasteiger charge is 2.25. The highest BCUT2D eigenvalue weighted by Crippen LogP contribution is 2.27. The number of hydrogen-bond donors (Lipinski definition) is 2. The summed E-state index contributed by atoms with van der Waals surface area (Å²) < 4.78 is 0. The van der Waals surface area contributed by atoms with Gasteiger partial charge in [0.15, 0.2) is 0 Å². The van der Waals surface area contributed by atoms with E-state index in [9.17, 15) is 9.59 Å². The number of carbonyl (C=O) groups is 1. The second kappa shape index (κ2) is 8.76. The van der Waals surface area contributed by atoms with E-state index in [1.807, 2.05) is 37.3 Å². The maximum atomic E-state index is 12.7. The van der Waals surface area contributed by atoms with Gasteiger partial charge in [0, 0.05) is 17.1 Å². The molecule has 3 aromatic rings. The first-order valence-corrected chi connectivity index (χ1v) is 10.9. The minimum atomic E-state index is -0.365. The van der Waals surface area contributed by atoms with Crippen LogP contribution in [0, 0.1) is 6.92 Å². The van der Waals surface area contributed by atoms with Gasteiger partial charge in [-0.2, -0.15) is 0 Å². The van der Waals surface area contributed by atoms with E-state index >= 15 is 0 Å². The topological polar surface area (TPSA) is 65.2 Å². The van der Waals surface area contributed by atoms with Crippen LogP contribution in [-0.4, -0.2) is 35.4 Å². The quantitative estimate of drug-likeness (QED) is 0.650. The van der Waals surface area contributed by atoms with Crippen molar-refractivity contribution in [3.63, 3.8) is 0 Å². The van der Waals surface area contributed by atoms with E-state index in [0.29, 0.717) is 12.2 Å². The molecular weight excluding hydrogens is 382 g/mol. The number of benzene rings is 1. The third kappa shape index (κ3) is 4.49. The van der Waals surface area contributed by atoms with Gasteiger partial charge in [-0.05, 0) is 68.1 Å². The monoisotopic (exact) mass is 407 g/mol. The van der Waals surface area contributed by atoms with Gasteiger partial charge in [-0.25, -0.2) is 0 Å². The zero-order valence-electron chi connectivity index (χ0n) is 16.5. The van der Waals surface area contributed by atoms with Gasteiger partial charge in [-0.1, -0.05) is 29.8 Å². The van der Waals surface area contributed by atoms with E-state index in [4.69, 9.17) is 0 Å². The summed E-state index contributed by atoms with van der Waals surface area (Å²) in [5, 5.41) is 5.04. The van der Waals surface area contributed by atoms with Gasteiger partial charge in [-0.3, -0.25) is 14.5 Å². The number of aryl methyl sites for hydroxylation is 1. The van der Waals surface area contributed by atoms with Crippen LogP contribution in [0.1, 0.15) is 39.7 Å². The zero-order valence-corrected chi connectivity index (χ0v) is 17.3. The van der Waals surface area contributed by atoms with E-state index in [0.717, 1.165) is 24.2 Å². The fourth-order valence-corrected chi connectivity index (χ4v) is 4.72. The van der Waals surface area contributed by atoms with Crippen molar-refractivity contribution in [2.24, 2.45) is 0 Å². The van der Waals surface area contributed by atoms with Crippen LogP contribution in [0.2, 0.25) is 0 Å². The van der Waals surface area contributed by atoms with E-state index in [-0.39, 0.29) is 23.1 Å². The molecule has 150 valence electrons. The summed E-state index contributed by atoms with van der Waals surface area (Å²) in [5.74, 6) is -0.331. The molecule has 4 rings (SSSR count). The van der Waals surface area contributed by atoms with Gasteiger partial charge < -0.3 is 10.3 Å². The van der Waals surface area contributed by atoms with Crippen LogP contribution in [0.15, 0.2) is 58.7 Å². The van der Waals surface area contributed by atoms with Crippen LogP contribution in [0.4, 0.5) is 0 Å². The zero-order chi connectivity index (χ0) is 20.2. The number of hydrogen-bond acceptors (Lipinski definition) is 4. The van der Waals surface area contributed by atoms with Crippen molar-refractivity contribution in [2.45, 2.75) is 25.8 Å². The number of aromatic nitrogens is 1. The molecule has 2 aromatic heterocycles. The lowest BCUT2D eigenvalue weighted by atomic mass is 10.1. The normalized spacial score (nSPS) is 15.3. The number of likely N-dealkylation sites (tertiary alicyclic amines) is 1. The molecule has 0 saturated carbocycles. The third-order valence-corrected chi connectivity index (χ3v) is 6.37. The predicted molar refractivity (Wildman–Crippen MR) is 117 cm³/mol. The van der Waals surface area contributed by atoms with E-state index in [1.165, 1.54) is 17.7 Å². The van der Waals surface area contributed by atoms with Gasteiger partial charge in [0.25, 0.3) is 11.5 Å². The van der Waals surface area contributed by atoms with Crippen molar-refractivity contribution >= 4 is 17.2 Å². The number of nitrogens with zero attached hydrogens (tertiary/aromatic N) is 1. The molecule has 3 heterocycles. The lowest BCUT2D eigenvalue weighted by Gasteiger charge is -2.26. The molecule has 5 nitrogen and oxygen atoms in total. The Balaban J connectivity index is 1.48. The van der Waals surface area contributed by atoms with Crippen LogP contribution in [-0.2, 0) is 0 Å². The highest BCUT2D eigenvalue weighted by molar-refractivity contribution is 7.10. The maximum absolute atomic E-state index is 12.7. The van der Waals surface area contributed by atoms with Crippen LogP contribution in [0.5, 0.6) is 0 Å². The minimum absolute atomic E-state index is 0.146. The van der Waals surface area contributed by atoms with Gasteiger partial charge in [-0.15, -0.1) is 11.3 Å². The number of amides is 1. The summed E-state index contributed by atoms with van der Waals surface area (Å²) in [5.41, 5.74) is 2.54. The predicted octanol–water partition coefficient (Wildman–Crippen LogP) is 3.98. The van der Waals surface area contributed by atoms with Crippen molar-refractivity contribution < 1.29 is 4.79 Å². The molecule has 1 fully saturated rings. The van der Waals surface area contributed by atoms with Crippen LogP contribution in [0.3, 0.4) is 0 Å². The molecule has 1 aliphatic rings. The summed E-state index contributed by atoms with van der Waals surface area (Å²) in [6.45, 7) is 4.60. The average molecular weight is 408 g/mol. The maximum Gasteiger partial charge on any atom is 0.261 e. The summed E-state index contributed by atoms with van der Waals surface area (Å²) in [6.07, 6.45) is 2.38. The summed E-state index contributed by atoms with van der Waals surface area (Å²) in [7, 11) is 0. The molecule has 6 heteroatoms. The molecule has 0 radical (unpaired) electrons. The largest absolute Gasteiger partial charge is 0.350 e. The number of thiophene rings is 1. The Hall–Kier alpha value is -2.70. The number of pyridine rings is 1. The Morgan fingerprint density at radius 2 is 2.00 bits per heavy atom. The molecule has 2 N–H and O–H groups in total. The second-order valence-electron chi connectivity index (χ2n) is 7.47. The first kappa shape index (κ1) is 19.6. The Morgan fingerprint density at radius 1 is 1.17 bits per heavy atom. The van der Waals surface area contributed by atoms with Gasteiger partial charge in [0.1, 0.15) is 5.56 Å². The molecule has 1 aromatic carbocycles. The third-order valence-electron chi connectivity index (χ3n) is 5.39. The van der Waals surface area contributed by atoms with Crippen LogP contribution >= 0.6 is 11.3 Å². The number of aromatic amines is 1. The van der Waals surface area contributed by atoms with Crippen LogP contribution in [0.25, 0.3) is 11.3 Å². The Bertz CT molecular complexity index is 1040. The van der Waals surface area contributed by atoms with Gasteiger partial charge in [0.2, 0.25) is 0 Å². The lowest BCUT2D eigenvalue weighted by molar-refractivity contribution is 0.0937. The van der Waals surface area contributed by atoms with E-state index in [1.54, 1.807) is 23.5 Å². The summed E-state index contributed by atoms with van der Waals surface area (Å²) in [6, 6.07) is 15.6. The summed E-state index contributed by atoms with van der Waals surface area (Å²) >= 11 is 1.71.